The molecular weight excluding hydrogens is 640 g/mol. The number of methoxy groups -OCH3 is 1. The molecule has 4 rings (SSSR count). The minimum atomic E-state index is -2.98. The predicted octanol–water partition coefficient (Wildman–Crippen LogP) is 4.25. The van der Waals surface area contributed by atoms with Gasteiger partial charge in [0.15, 0.2) is 11.4 Å². The van der Waals surface area contributed by atoms with Crippen molar-refractivity contribution in [2.75, 3.05) is 13.7 Å². The third kappa shape index (κ3) is 6.98. The summed E-state index contributed by atoms with van der Waals surface area (Å²) in [5.41, 5.74) is -3.85. The van der Waals surface area contributed by atoms with E-state index in [1.807, 2.05) is 26.2 Å². The van der Waals surface area contributed by atoms with Crippen LogP contribution in [0, 0.1) is 17.8 Å². The molecule has 2 aromatic heterocycles. The van der Waals surface area contributed by atoms with Gasteiger partial charge in [-0.25, -0.2) is 23.6 Å². The summed E-state index contributed by atoms with van der Waals surface area (Å²) in [4.78, 5) is 60.5. The van der Waals surface area contributed by atoms with Crippen LogP contribution < -0.4 is 0 Å². The smallest absolute Gasteiger partial charge is 0.411 e. The van der Waals surface area contributed by atoms with Crippen molar-refractivity contribution in [1.82, 2.24) is 24.9 Å². The first-order valence-corrected chi connectivity index (χ1v) is 17.4. The van der Waals surface area contributed by atoms with Gasteiger partial charge in [0.25, 0.3) is 5.67 Å². The second-order valence-electron chi connectivity index (χ2n) is 13.7. The Hall–Kier alpha value is -3.46. The fourth-order valence-electron chi connectivity index (χ4n) is 7.11. The number of hydrogen-bond acceptors (Lipinski definition) is 11. The lowest BCUT2D eigenvalue weighted by molar-refractivity contribution is -0.180. The van der Waals surface area contributed by atoms with Crippen LogP contribution in [-0.2, 0) is 35.1 Å². The van der Waals surface area contributed by atoms with E-state index in [-0.39, 0.29) is 18.7 Å². The number of nitrogens with zero attached hydrogens (tertiary/aromatic N) is 5. The molecule has 1 amide bonds. The molecule has 0 aromatic carbocycles. The molecule has 2 aromatic rings. The highest BCUT2D eigenvalue weighted by molar-refractivity contribution is 7.13. The fourth-order valence-corrected chi connectivity index (χ4v) is 7.70. The number of ketones is 2. The number of aromatic nitrogens is 4. The first-order chi connectivity index (χ1) is 22.5. The van der Waals surface area contributed by atoms with Crippen molar-refractivity contribution in [1.29, 1.82) is 0 Å². The molecule has 1 unspecified atom stereocenters. The van der Waals surface area contributed by atoms with E-state index in [2.05, 4.69) is 15.3 Å². The highest BCUT2D eigenvalue weighted by atomic mass is 32.1. The molecule has 262 valence electrons. The van der Waals surface area contributed by atoms with Gasteiger partial charge in [-0.2, -0.15) is 0 Å². The molecule has 2 fully saturated rings. The molecule has 0 N–H and O–H groups in total. The molecule has 0 radical (unpaired) electrons. The zero-order chi connectivity index (χ0) is 35.6. The number of ether oxygens (including phenoxy) is 3. The molecular formula is C33H47BFN5O7S. The summed E-state index contributed by atoms with van der Waals surface area (Å²) >= 11 is 1.46. The number of fused-ring (bicyclic) bond motifs is 1. The van der Waals surface area contributed by atoms with Crippen molar-refractivity contribution in [2.45, 2.75) is 109 Å². The second kappa shape index (κ2) is 14.6. The Labute approximate surface area is 286 Å². The number of esters is 1. The largest absolute Gasteiger partial charge is 0.455 e. The number of thiazole rings is 1. The van der Waals surface area contributed by atoms with Crippen LogP contribution in [0.5, 0.6) is 0 Å². The van der Waals surface area contributed by atoms with E-state index in [1.54, 1.807) is 57.8 Å². The molecule has 0 aliphatic carbocycles. The van der Waals surface area contributed by atoms with E-state index in [0.717, 1.165) is 11.9 Å². The number of hydrogen-bond donors (Lipinski definition) is 0. The highest BCUT2D eigenvalue weighted by Gasteiger charge is 2.61. The lowest BCUT2D eigenvalue weighted by Crippen LogP contribution is -2.59. The van der Waals surface area contributed by atoms with Gasteiger partial charge in [0.2, 0.25) is 0 Å². The molecule has 12 nitrogen and oxygen atoms in total. The molecule has 15 heteroatoms. The van der Waals surface area contributed by atoms with E-state index < -0.39 is 70.4 Å². The second-order valence-corrected chi connectivity index (χ2v) is 14.6. The molecule has 48 heavy (non-hydrogen) atoms. The third-order valence-electron chi connectivity index (χ3n) is 10.7. The van der Waals surface area contributed by atoms with Gasteiger partial charge in [0.1, 0.15) is 30.4 Å². The van der Waals surface area contributed by atoms with Crippen LogP contribution in [0.25, 0.3) is 10.7 Å². The summed E-state index contributed by atoms with van der Waals surface area (Å²) in [6.07, 6.45) is 5.60. The SMILES string of the molecule is B[C@@]1(C(C)OC)CC[C@@H](C)C(=O)[C@H](C)[C@H]2N(C/C=C/Cn3cc(-c4nccs4)nn3)C(=O)O[C@]2(C)[C@@H](CC)OC(=O)[C@@](C)(F)C(=O)[C@@H]1C. The Bertz CT molecular complexity index is 1520. The Morgan fingerprint density at radius 3 is 2.50 bits per heavy atom. The van der Waals surface area contributed by atoms with Crippen molar-refractivity contribution in [3.05, 3.63) is 29.9 Å². The van der Waals surface area contributed by atoms with Gasteiger partial charge in [-0.05, 0) is 38.9 Å². The third-order valence-corrected chi connectivity index (χ3v) is 11.5. The number of cyclic esters (lactones) is 1. The Balaban J connectivity index is 1.67. The van der Waals surface area contributed by atoms with Crippen LogP contribution >= 0.6 is 11.3 Å². The topological polar surface area (TPSA) is 143 Å². The van der Waals surface area contributed by atoms with Crippen molar-refractivity contribution in [3.8, 4) is 10.7 Å². The van der Waals surface area contributed by atoms with Crippen molar-refractivity contribution in [3.63, 3.8) is 0 Å². The molecule has 0 saturated carbocycles. The normalized spacial score (nSPS) is 34.5. The quantitative estimate of drug-likeness (QED) is 0.171. The average Bonchev–Trinajstić information content (AvgIpc) is 3.82. The van der Waals surface area contributed by atoms with E-state index in [9.17, 15) is 19.2 Å². The van der Waals surface area contributed by atoms with Gasteiger partial charge < -0.3 is 14.2 Å². The van der Waals surface area contributed by atoms with Crippen LogP contribution in [-0.4, -0.2) is 99.5 Å². The first kappa shape index (κ1) is 37.4. The molecule has 9 atom stereocenters. The molecule has 2 aliphatic heterocycles. The maximum Gasteiger partial charge on any atom is 0.411 e. The molecule has 0 bridgehead atoms. The summed E-state index contributed by atoms with van der Waals surface area (Å²) in [5.74, 6) is -4.54. The van der Waals surface area contributed by atoms with Gasteiger partial charge >= 0.3 is 12.1 Å². The van der Waals surface area contributed by atoms with Crippen LogP contribution in [0.4, 0.5) is 9.18 Å². The van der Waals surface area contributed by atoms with E-state index in [0.29, 0.717) is 25.1 Å². The van der Waals surface area contributed by atoms with E-state index in [4.69, 9.17) is 14.2 Å². The van der Waals surface area contributed by atoms with E-state index in [1.165, 1.54) is 23.3 Å². The van der Waals surface area contributed by atoms with Crippen LogP contribution in [0.15, 0.2) is 29.9 Å². The molecule has 4 heterocycles. The number of allylic oxidation sites excluding steroid dienone is 1. The Morgan fingerprint density at radius 1 is 1.19 bits per heavy atom. The monoisotopic (exact) mass is 687 g/mol. The highest BCUT2D eigenvalue weighted by Crippen LogP contribution is 2.47. The minimum Gasteiger partial charge on any atom is -0.455 e. The number of rotatable bonds is 8. The van der Waals surface area contributed by atoms with Crippen molar-refractivity contribution < 1.29 is 37.8 Å². The maximum absolute atomic E-state index is 16.3. The summed E-state index contributed by atoms with van der Waals surface area (Å²) in [6.45, 7) is 11.6. The number of amides is 1. The summed E-state index contributed by atoms with van der Waals surface area (Å²) in [5, 5.41) is 10.00. The zero-order valence-corrected chi connectivity index (χ0v) is 30.1. The summed E-state index contributed by atoms with van der Waals surface area (Å²) in [7, 11) is 3.33. The van der Waals surface area contributed by atoms with Gasteiger partial charge in [-0.3, -0.25) is 14.5 Å². The van der Waals surface area contributed by atoms with Crippen LogP contribution in [0.3, 0.4) is 0 Å². The average molecular weight is 688 g/mol. The maximum atomic E-state index is 16.3. The molecule has 2 aliphatic rings. The van der Waals surface area contributed by atoms with Gasteiger partial charge in [0.05, 0.1) is 24.9 Å². The molecule has 0 spiro atoms. The zero-order valence-electron chi connectivity index (χ0n) is 29.3. The van der Waals surface area contributed by atoms with Gasteiger partial charge in [-0.15, -0.1) is 16.4 Å². The lowest BCUT2D eigenvalue weighted by atomic mass is 9.53. The number of halogens is 1. The Kier molecular flexibility index (Phi) is 11.3. The number of carbonyl (C=O) groups is 4. The fraction of sp³-hybridized carbons (Fsp3) is 0.667. The number of alkyl halides is 1. The van der Waals surface area contributed by atoms with Crippen molar-refractivity contribution >= 4 is 42.8 Å². The first-order valence-electron chi connectivity index (χ1n) is 16.5. The lowest BCUT2D eigenvalue weighted by Gasteiger charge is -2.43. The van der Waals surface area contributed by atoms with Gasteiger partial charge in [-0.1, -0.05) is 51.5 Å². The summed E-state index contributed by atoms with van der Waals surface area (Å²) in [6, 6.07) is -0.863. The van der Waals surface area contributed by atoms with Crippen LogP contribution in [0.1, 0.15) is 67.7 Å². The molecule has 2 saturated heterocycles. The standard InChI is InChI=1S/C33H47BFN5O7S/c1-9-24-32(7)26(40(30(44)47-32)16-11-10-15-39-18-23(37-38-39)28-36-14-17-48-28)20(3)25(41)19(2)12-13-33(34,22(5)45-8)21(4)27(42)31(6,35)29(43)46-24/h10-11,14,17-22,24,26H,9,12-13,15-16,34H2,1-8H3/b11-10+/t19-,20+,21+,22?,24-,26-,31+,32-,33+/m1/s1. The minimum absolute atomic E-state index is 0.0871. The van der Waals surface area contributed by atoms with E-state index >= 15 is 4.39 Å². The van der Waals surface area contributed by atoms with Gasteiger partial charge in [0, 0.05) is 43.0 Å². The number of carbonyl (C=O) groups excluding carboxylic acids is 4. The Morgan fingerprint density at radius 2 is 1.88 bits per heavy atom. The predicted molar refractivity (Wildman–Crippen MR) is 180 cm³/mol. The van der Waals surface area contributed by atoms with Crippen molar-refractivity contribution in [2.24, 2.45) is 17.8 Å². The number of Topliss-reactive ketones (excluding diaryl/α,β-unsaturated/α-hetero) is 2. The van der Waals surface area contributed by atoms with Crippen LogP contribution in [0.2, 0.25) is 5.31 Å². The summed E-state index contributed by atoms with van der Waals surface area (Å²) < 4.78 is 35.3.